The Kier molecular flexibility index (Phi) is 6.80. The van der Waals surface area contributed by atoms with Crippen LogP contribution in [0.25, 0.3) is 0 Å². The molecule has 0 radical (unpaired) electrons. The molecule has 0 heterocycles. The number of nitriles is 1. The summed E-state index contributed by atoms with van der Waals surface area (Å²) in [7, 11) is 1.46. The summed E-state index contributed by atoms with van der Waals surface area (Å²) in [6, 6.07) is 13.4. The lowest BCUT2D eigenvalue weighted by Gasteiger charge is -2.10. The van der Waals surface area contributed by atoms with Crippen LogP contribution in [0.4, 0.5) is 17.1 Å². The van der Waals surface area contributed by atoms with Gasteiger partial charge < -0.3 is 20.7 Å². The molecule has 0 aliphatic rings. The Balaban J connectivity index is 2.09. The minimum absolute atomic E-state index is 0.136. The maximum atomic E-state index is 12.3. The fourth-order valence-electron chi connectivity index (χ4n) is 2.12. The molecular weight excluding hydrogens is 368 g/mol. The molecule has 0 saturated carbocycles. The molecule has 0 aliphatic carbocycles. The number of halogens is 1. The Labute approximate surface area is 161 Å². The number of hydrogen-bond acceptors (Lipinski definition) is 5. The van der Waals surface area contributed by atoms with Crippen LogP contribution in [0.1, 0.15) is 6.92 Å². The monoisotopic (exact) mass is 384 g/mol. The molecule has 2 aromatic carbocycles. The standard InChI is InChI=1S/C19H17ClN4O3/c1-12(25)23-16-6-4-15(5-7-16)22-11-13(10-21)19(26)24-17-9-14(20)3-8-18(17)27-2/h3-9,11,22H,1-2H3,(H,23,25)(H,24,26)/b13-11-. The fourth-order valence-corrected chi connectivity index (χ4v) is 2.30. The van der Waals surface area contributed by atoms with Crippen molar-refractivity contribution >= 4 is 40.5 Å². The van der Waals surface area contributed by atoms with Gasteiger partial charge in [-0.1, -0.05) is 11.6 Å². The number of methoxy groups -OCH3 is 1. The van der Waals surface area contributed by atoms with Gasteiger partial charge in [-0.2, -0.15) is 5.26 Å². The highest BCUT2D eigenvalue weighted by atomic mass is 35.5. The summed E-state index contributed by atoms with van der Waals surface area (Å²) in [6.45, 7) is 1.42. The van der Waals surface area contributed by atoms with Gasteiger partial charge in [-0.25, -0.2) is 0 Å². The average Bonchev–Trinajstić information content (AvgIpc) is 2.63. The van der Waals surface area contributed by atoms with Gasteiger partial charge in [0.25, 0.3) is 5.91 Å². The average molecular weight is 385 g/mol. The Bertz CT molecular complexity index is 918. The van der Waals surface area contributed by atoms with Gasteiger partial charge in [0, 0.05) is 29.5 Å². The van der Waals surface area contributed by atoms with Crippen molar-refractivity contribution in [2.24, 2.45) is 0 Å². The predicted octanol–water partition coefficient (Wildman–Crippen LogP) is 3.77. The molecule has 2 amide bonds. The van der Waals surface area contributed by atoms with Crippen molar-refractivity contribution < 1.29 is 14.3 Å². The van der Waals surface area contributed by atoms with Crippen molar-refractivity contribution in [2.45, 2.75) is 6.92 Å². The fraction of sp³-hybridized carbons (Fsp3) is 0.105. The number of hydrogen-bond donors (Lipinski definition) is 3. The molecule has 2 rings (SSSR count). The number of benzene rings is 2. The van der Waals surface area contributed by atoms with Crippen molar-refractivity contribution in [3.8, 4) is 11.8 Å². The van der Waals surface area contributed by atoms with Gasteiger partial charge in [-0.3, -0.25) is 9.59 Å². The first-order valence-electron chi connectivity index (χ1n) is 7.82. The molecular formula is C19H17ClN4O3. The van der Waals surface area contributed by atoms with Crippen LogP contribution in [-0.2, 0) is 9.59 Å². The van der Waals surface area contributed by atoms with E-state index in [9.17, 15) is 14.9 Å². The molecule has 2 aromatic rings. The number of nitrogens with zero attached hydrogens (tertiary/aromatic N) is 1. The molecule has 0 fully saturated rings. The van der Waals surface area contributed by atoms with E-state index in [0.717, 1.165) is 0 Å². The molecule has 0 saturated heterocycles. The van der Waals surface area contributed by atoms with E-state index in [0.29, 0.717) is 27.8 Å². The molecule has 0 spiro atoms. The van der Waals surface area contributed by atoms with Crippen LogP contribution in [0, 0.1) is 11.3 Å². The topological polar surface area (TPSA) is 103 Å². The third-order valence-corrected chi connectivity index (χ3v) is 3.60. The lowest BCUT2D eigenvalue weighted by molar-refractivity contribution is -0.114. The molecule has 0 aliphatic heterocycles. The molecule has 138 valence electrons. The Morgan fingerprint density at radius 3 is 2.37 bits per heavy atom. The van der Waals surface area contributed by atoms with Crippen LogP contribution in [0.15, 0.2) is 54.2 Å². The molecule has 0 unspecified atom stereocenters. The van der Waals surface area contributed by atoms with E-state index >= 15 is 0 Å². The molecule has 8 heteroatoms. The number of carbonyl (C=O) groups excluding carboxylic acids is 2. The highest BCUT2D eigenvalue weighted by Crippen LogP contribution is 2.28. The number of nitrogens with one attached hydrogen (secondary N) is 3. The summed E-state index contributed by atoms with van der Waals surface area (Å²) in [5, 5.41) is 17.8. The van der Waals surface area contributed by atoms with Crippen LogP contribution in [0.5, 0.6) is 5.75 Å². The van der Waals surface area contributed by atoms with Crippen LogP contribution in [0.2, 0.25) is 5.02 Å². The smallest absolute Gasteiger partial charge is 0.267 e. The van der Waals surface area contributed by atoms with Crippen LogP contribution in [0.3, 0.4) is 0 Å². The Hall–Kier alpha value is -3.50. The normalized spacial score (nSPS) is 10.5. The van der Waals surface area contributed by atoms with Gasteiger partial charge in [-0.05, 0) is 42.5 Å². The van der Waals surface area contributed by atoms with E-state index in [1.807, 2.05) is 6.07 Å². The van der Waals surface area contributed by atoms with Crippen LogP contribution < -0.4 is 20.7 Å². The summed E-state index contributed by atoms with van der Waals surface area (Å²) in [6.07, 6.45) is 1.29. The second kappa shape index (κ2) is 9.27. The van der Waals surface area contributed by atoms with E-state index < -0.39 is 5.91 Å². The van der Waals surface area contributed by atoms with Gasteiger partial charge in [0.1, 0.15) is 17.4 Å². The van der Waals surface area contributed by atoms with Gasteiger partial charge in [0.05, 0.1) is 12.8 Å². The number of anilines is 3. The summed E-state index contributed by atoms with van der Waals surface area (Å²) in [5.41, 5.74) is 1.51. The Morgan fingerprint density at radius 2 is 1.78 bits per heavy atom. The number of ether oxygens (including phenoxy) is 1. The van der Waals surface area contributed by atoms with E-state index in [-0.39, 0.29) is 11.5 Å². The summed E-state index contributed by atoms with van der Waals surface area (Å²) in [4.78, 5) is 23.3. The maximum absolute atomic E-state index is 12.3. The molecule has 3 N–H and O–H groups in total. The number of carbonyl (C=O) groups is 2. The van der Waals surface area contributed by atoms with Gasteiger partial charge >= 0.3 is 0 Å². The van der Waals surface area contributed by atoms with Crippen molar-refractivity contribution in [1.29, 1.82) is 5.26 Å². The first-order valence-corrected chi connectivity index (χ1v) is 8.20. The number of amides is 2. The highest BCUT2D eigenvalue weighted by molar-refractivity contribution is 6.31. The van der Waals surface area contributed by atoms with E-state index in [1.165, 1.54) is 26.3 Å². The Morgan fingerprint density at radius 1 is 1.11 bits per heavy atom. The first kappa shape index (κ1) is 19.8. The quantitative estimate of drug-likeness (QED) is 0.519. The van der Waals surface area contributed by atoms with Crippen molar-refractivity contribution in [1.82, 2.24) is 0 Å². The van der Waals surface area contributed by atoms with Crippen LogP contribution in [-0.4, -0.2) is 18.9 Å². The summed E-state index contributed by atoms with van der Waals surface area (Å²) >= 11 is 5.93. The zero-order valence-electron chi connectivity index (χ0n) is 14.7. The minimum atomic E-state index is -0.611. The van der Waals surface area contributed by atoms with Crippen molar-refractivity contribution in [3.05, 3.63) is 59.3 Å². The van der Waals surface area contributed by atoms with Gasteiger partial charge in [0.15, 0.2) is 0 Å². The lowest BCUT2D eigenvalue weighted by atomic mass is 10.2. The van der Waals surface area contributed by atoms with E-state index in [2.05, 4.69) is 16.0 Å². The molecule has 0 atom stereocenters. The molecule has 0 bridgehead atoms. The van der Waals surface area contributed by atoms with Gasteiger partial charge in [0.2, 0.25) is 5.91 Å². The van der Waals surface area contributed by atoms with E-state index in [4.69, 9.17) is 16.3 Å². The predicted molar refractivity (Wildman–Crippen MR) is 105 cm³/mol. The first-order chi connectivity index (χ1) is 12.9. The zero-order chi connectivity index (χ0) is 19.8. The SMILES string of the molecule is COc1ccc(Cl)cc1NC(=O)/C(C#N)=C\Nc1ccc(NC(C)=O)cc1. The molecule has 27 heavy (non-hydrogen) atoms. The third kappa shape index (κ3) is 5.76. The summed E-state index contributed by atoms with van der Waals surface area (Å²) in [5.74, 6) is -0.359. The van der Waals surface area contributed by atoms with E-state index in [1.54, 1.807) is 36.4 Å². The van der Waals surface area contributed by atoms with Gasteiger partial charge in [-0.15, -0.1) is 0 Å². The maximum Gasteiger partial charge on any atom is 0.267 e. The molecule has 7 nitrogen and oxygen atoms in total. The van der Waals surface area contributed by atoms with Crippen molar-refractivity contribution in [2.75, 3.05) is 23.1 Å². The largest absolute Gasteiger partial charge is 0.495 e. The lowest BCUT2D eigenvalue weighted by Crippen LogP contribution is -2.15. The van der Waals surface area contributed by atoms with Crippen molar-refractivity contribution in [3.63, 3.8) is 0 Å². The summed E-state index contributed by atoms with van der Waals surface area (Å²) < 4.78 is 5.16. The molecule has 0 aromatic heterocycles. The van der Waals surface area contributed by atoms with Crippen LogP contribution >= 0.6 is 11.6 Å². The second-order valence-electron chi connectivity index (χ2n) is 5.37. The third-order valence-electron chi connectivity index (χ3n) is 3.36. The second-order valence-corrected chi connectivity index (χ2v) is 5.81. The highest BCUT2D eigenvalue weighted by Gasteiger charge is 2.13. The zero-order valence-corrected chi connectivity index (χ0v) is 15.4. The minimum Gasteiger partial charge on any atom is -0.495 e. The number of rotatable bonds is 6.